The van der Waals surface area contributed by atoms with Gasteiger partial charge in [0.2, 0.25) is 0 Å². The summed E-state index contributed by atoms with van der Waals surface area (Å²) in [5.74, 6) is -0.979. The van der Waals surface area contributed by atoms with E-state index in [1.165, 1.54) is 6.07 Å². The summed E-state index contributed by atoms with van der Waals surface area (Å²) < 4.78 is 13.3. The Morgan fingerprint density at radius 2 is 2.05 bits per heavy atom. The highest BCUT2D eigenvalue weighted by atomic mass is 35.5. The van der Waals surface area contributed by atoms with Gasteiger partial charge in [0.1, 0.15) is 11.6 Å². The molecule has 0 aromatic heterocycles. The van der Waals surface area contributed by atoms with Crippen LogP contribution in [0.2, 0.25) is 5.02 Å². The predicted octanol–water partition coefficient (Wildman–Crippen LogP) is 3.10. The number of hydrogen-bond donors (Lipinski definition) is 2. The standard InChI is InChI=1S/C14H10ClFN2O/c15-13-11(5-10(16)6-12(13)19)14(18)9-3-1-2-8(4-9)7-17/h1-6,14,19H,18H2. The molecule has 19 heavy (non-hydrogen) atoms. The van der Waals surface area contributed by atoms with Crippen molar-refractivity contribution in [3.05, 3.63) is 63.9 Å². The van der Waals surface area contributed by atoms with E-state index in [1.54, 1.807) is 24.3 Å². The second-order valence-corrected chi connectivity index (χ2v) is 4.42. The molecule has 0 spiro atoms. The summed E-state index contributed by atoms with van der Waals surface area (Å²) in [7, 11) is 0. The predicted molar refractivity (Wildman–Crippen MR) is 70.3 cm³/mol. The molecule has 0 heterocycles. The molecule has 0 radical (unpaired) electrons. The molecule has 0 saturated heterocycles. The van der Waals surface area contributed by atoms with Gasteiger partial charge in [-0.15, -0.1) is 0 Å². The first kappa shape index (κ1) is 13.3. The number of halogens is 2. The third-order valence-corrected chi connectivity index (χ3v) is 3.17. The van der Waals surface area contributed by atoms with Crippen molar-refractivity contribution in [2.45, 2.75) is 6.04 Å². The highest BCUT2D eigenvalue weighted by Crippen LogP contribution is 2.34. The highest BCUT2D eigenvalue weighted by molar-refractivity contribution is 6.32. The summed E-state index contributed by atoms with van der Waals surface area (Å²) in [4.78, 5) is 0. The third kappa shape index (κ3) is 2.68. The molecule has 0 bridgehead atoms. The summed E-state index contributed by atoms with van der Waals surface area (Å²) >= 11 is 5.92. The van der Waals surface area contributed by atoms with E-state index in [0.29, 0.717) is 11.1 Å². The topological polar surface area (TPSA) is 70.0 Å². The molecule has 96 valence electrons. The molecular formula is C14H10ClFN2O. The first-order valence-electron chi connectivity index (χ1n) is 5.46. The molecule has 2 rings (SSSR count). The zero-order chi connectivity index (χ0) is 14.0. The van der Waals surface area contributed by atoms with Crippen molar-refractivity contribution in [2.75, 3.05) is 0 Å². The fraction of sp³-hybridized carbons (Fsp3) is 0.0714. The van der Waals surface area contributed by atoms with Gasteiger partial charge in [-0.25, -0.2) is 4.39 Å². The number of phenolic OH excluding ortho intramolecular Hbond substituents is 1. The van der Waals surface area contributed by atoms with E-state index in [0.717, 1.165) is 6.07 Å². The number of rotatable bonds is 2. The lowest BCUT2D eigenvalue weighted by molar-refractivity contribution is 0.468. The van der Waals surface area contributed by atoms with Crippen molar-refractivity contribution < 1.29 is 9.50 Å². The van der Waals surface area contributed by atoms with E-state index < -0.39 is 11.9 Å². The minimum atomic E-state index is -0.720. The quantitative estimate of drug-likeness (QED) is 0.885. The van der Waals surface area contributed by atoms with Crippen LogP contribution in [0.4, 0.5) is 4.39 Å². The van der Waals surface area contributed by atoms with E-state index in [-0.39, 0.29) is 16.3 Å². The Hall–Kier alpha value is -2.09. The van der Waals surface area contributed by atoms with Gasteiger partial charge in [-0.1, -0.05) is 23.7 Å². The number of hydrogen-bond acceptors (Lipinski definition) is 3. The van der Waals surface area contributed by atoms with Gasteiger partial charge >= 0.3 is 0 Å². The normalized spacial score (nSPS) is 11.9. The van der Waals surface area contributed by atoms with Crippen LogP contribution < -0.4 is 5.73 Å². The largest absolute Gasteiger partial charge is 0.506 e. The summed E-state index contributed by atoms with van der Waals surface area (Å²) in [6, 6.07) is 10.0. The molecule has 5 heteroatoms. The van der Waals surface area contributed by atoms with Crippen LogP contribution in [0.25, 0.3) is 0 Å². The summed E-state index contributed by atoms with van der Waals surface area (Å²) in [5, 5.41) is 18.3. The maximum Gasteiger partial charge on any atom is 0.137 e. The number of nitrogens with two attached hydrogens (primary N) is 1. The van der Waals surface area contributed by atoms with Crippen LogP contribution in [0.3, 0.4) is 0 Å². The summed E-state index contributed by atoms with van der Waals surface area (Å²) in [5.41, 5.74) is 7.34. The molecule has 1 unspecified atom stereocenters. The molecule has 3 N–H and O–H groups in total. The molecule has 2 aromatic carbocycles. The second kappa shape index (κ2) is 5.27. The van der Waals surface area contributed by atoms with E-state index in [9.17, 15) is 9.50 Å². The molecule has 0 amide bonds. The molecule has 3 nitrogen and oxygen atoms in total. The molecular weight excluding hydrogens is 267 g/mol. The van der Waals surface area contributed by atoms with Crippen LogP contribution in [-0.4, -0.2) is 5.11 Å². The average molecular weight is 277 g/mol. The number of phenols is 1. The Labute approximate surface area is 114 Å². The number of nitrogens with zero attached hydrogens (tertiary/aromatic N) is 1. The van der Waals surface area contributed by atoms with Crippen molar-refractivity contribution in [3.63, 3.8) is 0 Å². The number of nitriles is 1. The van der Waals surface area contributed by atoms with Crippen molar-refractivity contribution in [1.82, 2.24) is 0 Å². The fourth-order valence-electron chi connectivity index (χ4n) is 1.80. The molecule has 0 saturated carbocycles. The Kier molecular flexibility index (Phi) is 3.70. The second-order valence-electron chi connectivity index (χ2n) is 4.04. The van der Waals surface area contributed by atoms with Crippen LogP contribution >= 0.6 is 11.6 Å². The van der Waals surface area contributed by atoms with Crippen molar-refractivity contribution >= 4 is 11.6 Å². The molecule has 0 aliphatic heterocycles. The summed E-state index contributed by atoms with van der Waals surface area (Å²) in [6.07, 6.45) is 0. The van der Waals surface area contributed by atoms with Gasteiger partial charge in [0.25, 0.3) is 0 Å². The van der Waals surface area contributed by atoms with Crippen molar-refractivity contribution in [3.8, 4) is 11.8 Å². The fourth-order valence-corrected chi connectivity index (χ4v) is 2.03. The lowest BCUT2D eigenvalue weighted by atomic mass is 9.98. The van der Waals surface area contributed by atoms with Crippen LogP contribution in [-0.2, 0) is 0 Å². The van der Waals surface area contributed by atoms with E-state index in [4.69, 9.17) is 22.6 Å². The zero-order valence-corrected chi connectivity index (χ0v) is 10.5. The van der Waals surface area contributed by atoms with Crippen LogP contribution in [0, 0.1) is 17.1 Å². The van der Waals surface area contributed by atoms with Crippen LogP contribution in [0.1, 0.15) is 22.7 Å². The van der Waals surface area contributed by atoms with Gasteiger partial charge in [-0.3, -0.25) is 0 Å². The highest BCUT2D eigenvalue weighted by Gasteiger charge is 2.17. The molecule has 0 aliphatic carbocycles. The minimum Gasteiger partial charge on any atom is -0.506 e. The maximum absolute atomic E-state index is 13.3. The Morgan fingerprint density at radius 3 is 2.74 bits per heavy atom. The lowest BCUT2D eigenvalue weighted by Gasteiger charge is -2.15. The first-order valence-corrected chi connectivity index (χ1v) is 5.84. The lowest BCUT2D eigenvalue weighted by Crippen LogP contribution is -2.13. The van der Waals surface area contributed by atoms with Crippen molar-refractivity contribution in [2.24, 2.45) is 5.73 Å². The molecule has 0 aliphatic rings. The SMILES string of the molecule is N#Cc1cccc(C(N)c2cc(F)cc(O)c2Cl)c1. The van der Waals surface area contributed by atoms with Gasteiger partial charge < -0.3 is 10.8 Å². The first-order chi connectivity index (χ1) is 9.02. The van der Waals surface area contributed by atoms with Gasteiger partial charge in [0, 0.05) is 6.07 Å². The number of benzene rings is 2. The van der Waals surface area contributed by atoms with Gasteiger partial charge in [-0.2, -0.15) is 5.26 Å². The average Bonchev–Trinajstić information content (AvgIpc) is 2.42. The molecule has 2 aromatic rings. The zero-order valence-electron chi connectivity index (χ0n) is 9.77. The number of aromatic hydroxyl groups is 1. The Morgan fingerprint density at radius 1 is 1.32 bits per heavy atom. The van der Waals surface area contributed by atoms with Crippen LogP contribution in [0.15, 0.2) is 36.4 Å². The smallest absolute Gasteiger partial charge is 0.137 e. The Bertz CT molecular complexity index is 667. The maximum atomic E-state index is 13.3. The Balaban J connectivity index is 2.50. The third-order valence-electron chi connectivity index (χ3n) is 2.76. The summed E-state index contributed by atoms with van der Waals surface area (Å²) in [6.45, 7) is 0. The van der Waals surface area contributed by atoms with E-state index >= 15 is 0 Å². The molecule has 1 atom stereocenters. The van der Waals surface area contributed by atoms with Gasteiger partial charge in [0.05, 0.1) is 22.7 Å². The van der Waals surface area contributed by atoms with E-state index in [2.05, 4.69) is 0 Å². The minimum absolute atomic E-state index is 0.0104. The van der Waals surface area contributed by atoms with Crippen LogP contribution in [0.5, 0.6) is 5.75 Å². The van der Waals surface area contributed by atoms with Crippen molar-refractivity contribution in [1.29, 1.82) is 5.26 Å². The van der Waals surface area contributed by atoms with Gasteiger partial charge in [0.15, 0.2) is 0 Å². The van der Waals surface area contributed by atoms with E-state index in [1.807, 2.05) is 6.07 Å². The van der Waals surface area contributed by atoms with Gasteiger partial charge in [-0.05, 0) is 29.3 Å². The monoisotopic (exact) mass is 276 g/mol. The molecule has 0 fully saturated rings.